The van der Waals surface area contributed by atoms with Crippen LogP contribution >= 0.6 is 11.3 Å². The molecule has 3 rings (SSSR count). The smallest absolute Gasteiger partial charge is 0.338 e. The fraction of sp³-hybridized carbons (Fsp3) is 0.278. The van der Waals surface area contributed by atoms with Crippen molar-refractivity contribution in [1.82, 2.24) is 0 Å². The first-order chi connectivity index (χ1) is 12.9. The van der Waals surface area contributed by atoms with Crippen LogP contribution in [0.2, 0.25) is 0 Å². The van der Waals surface area contributed by atoms with Gasteiger partial charge in [-0.25, -0.2) is 4.79 Å². The molecule has 0 saturated heterocycles. The number of hydrogen-bond donors (Lipinski definition) is 1. The standard InChI is InChI=1S/C18H15N3O5S/c1-26-18(23)11-6-10(7-12(8-11)21(24)25)16(22)20-17-14(9-19)13-4-2-3-5-15(13)27-17/h6-8H,2-5H2,1H3,(H,20,22). The number of nitriles is 1. The van der Waals surface area contributed by atoms with Crippen molar-refractivity contribution in [3.05, 3.63) is 55.4 Å². The molecule has 1 aliphatic rings. The number of hydrogen-bond acceptors (Lipinski definition) is 7. The summed E-state index contributed by atoms with van der Waals surface area (Å²) in [7, 11) is 1.15. The van der Waals surface area contributed by atoms with Gasteiger partial charge in [0.25, 0.3) is 11.6 Å². The Balaban J connectivity index is 1.96. The molecule has 1 amide bonds. The van der Waals surface area contributed by atoms with Crippen molar-refractivity contribution in [3.8, 4) is 6.07 Å². The minimum Gasteiger partial charge on any atom is -0.465 e. The van der Waals surface area contributed by atoms with Crippen LogP contribution in [0.25, 0.3) is 0 Å². The zero-order valence-electron chi connectivity index (χ0n) is 14.4. The number of thiophene rings is 1. The number of esters is 1. The highest BCUT2D eigenvalue weighted by atomic mass is 32.1. The monoisotopic (exact) mass is 385 g/mol. The number of nitrogens with one attached hydrogen (secondary N) is 1. The van der Waals surface area contributed by atoms with E-state index in [1.54, 1.807) is 0 Å². The molecule has 0 atom stereocenters. The molecule has 0 aliphatic heterocycles. The Morgan fingerprint density at radius 1 is 1.26 bits per heavy atom. The molecular weight excluding hydrogens is 370 g/mol. The normalized spacial score (nSPS) is 12.6. The van der Waals surface area contributed by atoms with Crippen molar-refractivity contribution in [1.29, 1.82) is 5.26 Å². The Bertz CT molecular complexity index is 990. The Hall–Kier alpha value is -3.25. The number of nitro benzene ring substituents is 1. The summed E-state index contributed by atoms with van der Waals surface area (Å²) in [5.74, 6) is -1.41. The van der Waals surface area contributed by atoms with Crippen LogP contribution in [0.1, 0.15) is 49.6 Å². The van der Waals surface area contributed by atoms with Gasteiger partial charge in [-0.15, -0.1) is 11.3 Å². The third-order valence-corrected chi connectivity index (χ3v) is 5.53. The summed E-state index contributed by atoms with van der Waals surface area (Å²) in [4.78, 5) is 35.9. The molecule has 0 spiro atoms. The van der Waals surface area contributed by atoms with E-state index in [1.807, 2.05) is 0 Å². The summed E-state index contributed by atoms with van der Waals surface area (Å²) in [6.07, 6.45) is 3.71. The van der Waals surface area contributed by atoms with Gasteiger partial charge < -0.3 is 10.1 Å². The maximum Gasteiger partial charge on any atom is 0.338 e. The first-order valence-electron chi connectivity index (χ1n) is 8.18. The lowest BCUT2D eigenvalue weighted by Crippen LogP contribution is -2.14. The van der Waals surface area contributed by atoms with Crippen LogP contribution in [0.15, 0.2) is 18.2 Å². The van der Waals surface area contributed by atoms with Gasteiger partial charge in [0.05, 0.1) is 23.2 Å². The first kappa shape index (κ1) is 18.5. The van der Waals surface area contributed by atoms with Gasteiger partial charge in [0.15, 0.2) is 0 Å². The number of carbonyl (C=O) groups is 2. The third-order valence-electron chi connectivity index (χ3n) is 4.32. The number of carbonyl (C=O) groups excluding carboxylic acids is 2. The number of rotatable bonds is 4. The zero-order valence-corrected chi connectivity index (χ0v) is 15.2. The zero-order chi connectivity index (χ0) is 19.6. The lowest BCUT2D eigenvalue weighted by Gasteiger charge is -2.09. The molecule has 1 N–H and O–H groups in total. The molecule has 2 aromatic rings. The van der Waals surface area contributed by atoms with Gasteiger partial charge in [0.2, 0.25) is 0 Å². The van der Waals surface area contributed by atoms with Gasteiger partial charge >= 0.3 is 5.97 Å². The van der Waals surface area contributed by atoms with E-state index in [0.717, 1.165) is 55.4 Å². The van der Waals surface area contributed by atoms with Crippen LogP contribution in [-0.2, 0) is 17.6 Å². The van der Waals surface area contributed by atoms with Gasteiger partial charge in [-0.2, -0.15) is 5.26 Å². The van der Waals surface area contributed by atoms with Crippen molar-refractivity contribution in [3.63, 3.8) is 0 Å². The van der Waals surface area contributed by atoms with Crippen molar-refractivity contribution < 1.29 is 19.2 Å². The second kappa shape index (κ2) is 7.55. The molecule has 1 aromatic heterocycles. The molecule has 8 nitrogen and oxygen atoms in total. The molecule has 1 aromatic carbocycles. The number of methoxy groups -OCH3 is 1. The average Bonchev–Trinajstić information content (AvgIpc) is 3.03. The number of nitro groups is 1. The number of benzene rings is 1. The van der Waals surface area contributed by atoms with Gasteiger partial charge in [-0.05, 0) is 37.3 Å². The molecule has 0 fully saturated rings. The summed E-state index contributed by atoms with van der Waals surface area (Å²) < 4.78 is 4.58. The van der Waals surface area contributed by atoms with E-state index in [2.05, 4.69) is 16.1 Å². The number of nitrogens with zero attached hydrogens (tertiary/aromatic N) is 2. The Morgan fingerprint density at radius 2 is 1.96 bits per heavy atom. The van der Waals surface area contributed by atoms with Crippen molar-refractivity contribution >= 4 is 33.9 Å². The van der Waals surface area contributed by atoms with Gasteiger partial charge in [-0.3, -0.25) is 14.9 Å². The van der Waals surface area contributed by atoms with Crippen molar-refractivity contribution in [2.24, 2.45) is 0 Å². The summed E-state index contributed by atoms with van der Waals surface area (Å²) in [6, 6.07) is 5.51. The van der Waals surface area contributed by atoms with Crippen molar-refractivity contribution in [2.45, 2.75) is 25.7 Å². The first-order valence-corrected chi connectivity index (χ1v) is 9.00. The summed E-state index contributed by atoms with van der Waals surface area (Å²) in [5.41, 5.74) is 0.872. The van der Waals surface area contributed by atoms with Crippen LogP contribution in [0, 0.1) is 21.4 Å². The number of aryl methyl sites for hydroxylation is 1. The van der Waals surface area contributed by atoms with Gasteiger partial charge in [-0.1, -0.05) is 0 Å². The second-order valence-electron chi connectivity index (χ2n) is 6.00. The lowest BCUT2D eigenvalue weighted by molar-refractivity contribution is -0.384. The highest BCUT2D eigenvalue weighted by molar-refractivity contribution is 7.16. The fourth-order valence-corrected chi connectivity index (χ4v) is 4.27. The van der Waals surface area contributed by atoms with E-state index < -0.39 is 22.5 Å². The molecule has 1 aliphatic carbocycles. The third kappa shape index (κ3) is 3.66. The quantitative estimate of drug-likeness (QED) is 0.488. The van der Waals surface area contributed by atoms with Gasteiger partial charge in [0, 0.05) is 22.6 Å². The SMILES string of the molecule is COC(=O)c1cc(C(=O)Nc2sc3c(c2C#N)CCCC3)cc([N+](=O)[O-])c1. The second-order valence-corrected chi connectivity index (χ2v) is 7.10. The molecule has 138 valence electrons. The maximum atomic E-state index is 12.6. The van der Waals surface area contributed by atoms with Crippen LogP contribution in [0.3, 0.4) is 0 Å². The van der Waals surface area contributed by atoms with E-state index in [1.165, 1.54) is 17.4 Å². The topological polar surface area (TPSA) is 122 Å². The summed E-state index contributed by atoms with van der Waals surface area (Å²) >= 11 is 1.36. The summed E-state index contributed by atoms with van der Waals surface area (Å²) in [5, 5.41) is 23.7. The Labute approximate surface area is 158 Å². The Kier molecular flexibility index (Phi) is 5.19. The minimum absolute atomic E-state index is 0.0557. The van der Waals surface area contributed by atoms with Crippen LogP contribution in [0.5, 0.6) is 0 Å². The van der Waals surface area contributed by atoms with Crippen LogP contribution < -0.4 is 5.32 Å². The highest BCUT2D eigenvalue weighted by Crippen LogP contribution is 2.37. The molecule has 0 saturated carbocycles. The maximum absolute atomic E-state index is 12.6. The highest BCUT2D eigenvalue weighted by Gasteiger charge is 2.23. The number of ether oxygens (including phenoxy) is 1. The average molecular weight is 385 g/mol. The Morgan fingerprint density at radius 3 is 2.63 bits per heavy atom. The van der Waals surface area contributed by atoms with E-state index in [4.69, 9.17) is 0 Å². The molecule has 0 bridgehead atoms. The lowest BCUT2D eigenvalue weighted by atomic mass is 9.96. The molecule has 9 heteroatoms. The van der Waals surface area contributed by atoms with E-state index in [-0.39, 0.29) is 11.1 Å². The largest absolute Gasteiger partial charge is 0.465 e. The minimum atomic E-state index is -0.781. The molecular formula is C18H15N3O5S. The van der Waals surface area contributed by atoms with Crippen LogP contribution in [0.4, 0.5) is 10.7 Å². The molecule has 0 unspecified atom stereocenters. The van der Waals surface area contributed by atoms with Crippen LogP contribution in [-0.4, -0.2) is 23.9 Å². The van der Waals surface area contributed by atoms with E-state index in [0.29, 0.717) is 10.6 Å². The number of amides is 1. The predicted molar refractivity (Wildman–Crippen MR) is 98.1 cm³/mol. The van der Waals surface area contributed by atoms with Gasteiger partial charge in [0.1, 0.15) is 11.1 Å². The van der Waals surface area contributed by atoms with Crippen molar-refractivity contribution in [2.75, 3.05) is 12.4 Å². The molecule has 27 heavy (non-hydrogen) atoms. The number of fused-ring (bicyclic) bond motifs is 1. The number of non-ortho nitro benzene ring substituents is 1. The summed E-state index contributed by atoms with van der Waals surface area (Å²) in [6.45, 7) is 0. The van der Waals surface area contributed by atoms with E-state index in [9.17, 15) is 25.0 Å². The fourth-order valence-electron chi connectivity index (χ4n) is 3.03. The predicted octanol–water partition coefficient (Wildman–Crippen LogP) is 3.45. The van der Waals surface area contributed by atoms with E-state index >= 15 is 0 Å². The molecule has 1 heterocycles. The molecule has 0 radical (unpaired) electrons. The number of anilines is 1.